The van der Waals surface area contributed by atoms with Gasteiger partial charge >= 0.3 is 0 Å². The lowest BCUT2D eigenvalue weighted by Crippen LogP contribution is -2.46. The summed E-state index contributed by atoms with van der Waals surface area (Å²) in [6.45, 7) is 6.06. The molecule has 2 N–H and O–H groups in total. The van der Waals surface area contributed by atoms with Gasteiger partial charge in [0, 0.05) is 13.2 Å². The molecule has 1 fully saturated rings. The van der Waals surface area contributed by atoms with E-state index in [1.807, 2.05) is 32.0 Å². The van der Waals surface area contributed by atoms with E-state index in [4.69, 9.17) is 4.74 Å². The van der Waals surface area contributed by atoms with Crippen LogP contribution in [0.5, 0.6) is 0 Å². The third-order valence-corrected chi connectivity index (χ3v) is 2.73. The lowest BCUT2D eigenvalue weighted by atomic mass is 10.1. The molecule has 17 heavy (non-hydrogen) atoms. The zero-order valence-corrected chi connectivity index (χ0v) is 10.7. The van der Waals surface area contributed by atoms with Gasteiger partial charge in [-0.25, -0.2) is 0 Å². The van der Waals surface area contributed by atoms with Gasteiger partial charge in [-0.1, -0.05) is 44.2 Å². The Morgan fingerprint density at radius 2 is 2.00 bits per heavy atom. The van der Waals surface area contributed by atoms with Gasteiger partial charge in [0.05, 0.1) is 18.8 Å². The highest BCUT2D eigenvalue weighted by molar-refractivity contribution is 5.14. The van der Waals surface area contributed by atoms with Crippen molar-refractivity contribution in [2.75, 3.05) is 13.2 Å². The molecule has 2 atom stereocenters. The van der Waals surface area contributed by atoms with Gasteiger partial charge in [0.25, 0.3) is 0 Å². The first-order chi connectivity index (χ1) is 8.36. The largest absolute Gasteiger partial charge is 0.391 e. The molecule has 1 aromatic carbocycles. The Kier molecular flexibility index (Phi) is 6.86. The first-order valence-corrected chi connectivity index (χ1v) is 6.39. The molecule has 1 aliphatic rings. The van der Waals surface area contributed by atoms with Crippen molar-refractivity contribution in [1.82, 2.24) is 5.32 Å². The highest BCUT2D eigenvalue weighted by Gasteiger charge is 2.22. The fourth-order valence-electron chi connectivity index (χ4n) is 1.77. The number of ether oxygens (including phenoxy) is 1. The van der Waals surface area contributed by atoms with Crippen LogP contribution in [0, 0.1) is 0 Å². The van der Waals surface area contributed by atoms with Gasteiger partial charge in [0.15, 0.2) is 0 Å². The molecule has 1 saturated heterocycles. The van der Waals surface area contributed by atoms with Crippen LogP contribution in [0.1, 0.15) is 25.8 Å². The van der Waals surface area contributed by atoms with Gasteiger partial charge in [-0.15, -0.1) is 0 Å². The zero-order chi connectivity index (χ0) is 12.5. The first-order valence-electron chi connectivity index (χ1n) is 6.39. The number of aliphatic hydroxyl groups is 1. The van der Waals surface area contributed by atoms with E-state index in [1.165, 1.54) is 5.56 Å². The Hall–Kier alpha value is -0.900. The minimum atomic E-state index is -0.275. The van der Waals surface area contributed by atoms with Crippen LogP contribution in [0.4, 0.5) is 0 Å². The van der Waals surface area contributed by atoms with Crippen LogP contribution in [0.15, 0.2) is 30.3 Å². The standard InChI is InChI=1S/C12H17NO2.C2H6/c14-12-6-7-15-9-11(12)13-8-10-4-2-1-3-5-10;1-2/h1-5,11-14H,6-9H2;1-2H3. The molecule has 1 aromatic rings. The van der Waals surface area contributed by atoms with E-state index in [9.17, 15) is 5.11 Å². The molecule has 3 nitrogen and oxygen atoms in total. The molecule has 2 rings (SSSR count). The van der Waals surface area contributed by atoms with Gasteiger partial charge in [-0.2, -0.15) is 0 Å². The number of benzene rings is 1. The van der Waals surface area contributed by atoms with Crippen LogP contribution in [0.25, 0.3) is 0 Å². The Morgan fingerprint density at radius 3 is 2.65 bits per heavy atom. The second-order valence-corrected chi connectivity index (χ2v) is 3.90. The summed E-state index contributed by atoms with van der Waals surface area (Å²) in [5, 5.41) is 13.0. The van der Waals surface area contributed by atoms with Crippen molar-refractivity contribution in [2.24, 2.45) is 0 Å². The Bertz CT molecular complexity index is 290. The van der Waals surface area contributed by atoms with E-state index in [0.717, 1.165) is 13.0 Å². The normalized spacial score (nSPS) is 23.7. The van der Waals surface area contributed by atoms with Gasteiger partial charge in [0.1, 0.15) is 0 Å². The second-order valence-electron chi connectivity index (χ2n) is 3.90. The van der Waals surface area contributed by atoms with E-state index in [0.29, 0.717) is 13.2 Å². The molecular formula is C14H23NO2. The van der Waals surface area contributed by atoms with E-state index in [1.54, 1.807) is 0 Å². The molecule has 0 aromatic heterocycles. The molecule has 0 amide bonds. The summed E-state index contributed by atoms with van der Waals surface area (Å²) in [6, 6.07) is 10.3. The van der Waals surface area contributed by atoms with E-state index >= 15 is 0 Å². The minimum Gasteiger partial charge on any atom is -0.391 e. The summed E-state index contributed by atoms with van der Waals surface area (Å²) in [5.74, 6) is 0. The zero-order valence-electron chi connectivity index (χ0n) is 10.7. The van der Waals surface area contributed by atoms with Gasteiger partial charge in [-0.05, 0) is 12.0 Å². The summed E-state index contributed by atoms with van der Waals surface area (Å²) < 4.78 is 5.32. The first kappa shape index (κ1) is 14.2. The highest BCUT2D eigenvalue weighted by Crippen LogP contribution is 2.08. The van der Waals surface area contributed by atoms with Gasteiger partial charge < -0.3 is 15.2 Å². The quantitative estimate of drug-likeness (QED) is 0.844. The number of hydrogen-bond donors (Lipinski definition) is 2. The maximum Gasteiger partial charge on any atom is 0.0737 e. The van der Waals surface area contributed by atoms with Gasteiger partial charge in [-0.3, -0.25) is 0 Å². The Morgan fingerprint density at radius 1 is 1.29 bits per heavy atom. The van der Waals surface area contributed by atoms with Crippen molar-refractivity contribution in [3.63, 3.8) is 0 Å². The van der Waals surface area contributed by atoms with Crippen LogP contribution >= 0.6 is 0 Å². The molecule has 0 aliphatic carbocycles. The van der Waals surface area contributed by atoms with E-state index in [2.05, 4.69) is 17.4 Å². The summed E-state index contributed by atoms with van der Waals surface area (Å²) in [5.41, 5.74) is 1.23. The fraction of sp³-hybridized carbons (Fsp3) is 0.571. The van der Waals surface area contributed by atoms with Crippen LogP contribution in [-0.4, -0.2) is 30.5 Å². The van der Waals surface area contributed by atoms with Crippen LogP contribution in [0.3, 0.4) is 0 Å². The minimum absolute atomic E-state index is 0.0685. The summed E-state index contributed by atoms with van der Waals surface area (Å²) in [4.78, 5) is 0. The van der Waals surface area contributed by atoms with Crippen molar-refractivity contribution in [2.45, 2.75) is 39.0 Å². The van der Waals surface area contributed by atoms with Crippen molar-refractivity contribution in [3.8, 4) is 0 Å². The monoisotopic (exact) mass is 237 g/mol. The predicted molar refractivity (Wildman–Crippen MR) is 69.9 cm³/mol. The third kappa shape index (κ3) is 4.86. The van der Waals surface area contributed by atoms with E-state index < -0.39 is 0 Å². The van der Waals surface area contributed by atoms with E-state index in [-0.39, 0.29) is 12.1 Å². The maximum absolute atomic E-state index is 9.70. The van der Waals surface area contributed by atoms with Crippen LogP contribution in [0.2, 0.25) is 0 Å². The third-order valence-electron chi connectivity index (χ3n) is 2.73. The summed E-state index contributed by atoms with van der Waals surface area (Å²) in [6.07, 6.45) is 0.453. The average molecular weight is 237 g/mol. The maximum atomic E-state index is 9.70. The number of aliphatic hydroxyl groups excluding tert-OH is 1. The molecular weight excluding hydrogens is 214 g/mol. The molecule has 2 unspecified atom stereocenters. The summed E-state index contributed by atoms with van der Waals surface area (Å²) in [7, 11) is 0. The average Bonchev–Trinajstić information content (AvgIpc) is 2.41. The Balaban J connectivity index is 0.000000686. The number of hydrogen-bond acceptors (Lipinski definition) is 3. The number of rotatable bonds is 3. The van der Waals surface area contributed by atoms with Gasteiger partial charge in [0.2, 0.25) is 0 Å². The van der Waals surface area contributed by atoms with Crippen molar-refractivity contribution >= 4 is 0 Å². The van der Waals surface area contributed by atoms with Crippen molar-refractivity contribution in [1.29, 1.82) is 0 Å². The van der Waals surface area contributed by atoms with Crippen LogP contribution < -0.4 is 5.32 Å². The SMILES string of the molecule is CC.OC1CCOCC1NCc1ccccc1. The van der Waals surface area contributed by atoms with Crippen LogP contribution in [-0.2, 0) is 11.3 Å². The molecule has 96 valence electrons. The predicted octanol–water partition coefficient (Wildman–Crippen LogP) is 1.95. The second kappa shape index (κ2) is 8.23. The fourth-order valence-corrected chi connectivity index (χ4v) is 1.77. The lowest BCUT2D eigenvalue weighted by Gasteiger charge is -2.28. The highest BCUT2D eigenvalue weighted by atomic mass is 16.5. The topological polar surface area (TPSA) is 41.5 Å². The van der Waals surface area contributed by atoms with Crippen molar-refractivity contribution in [3.05, 3.63) is 35.9 Å². The molecule has 0 radical (unpaired) electrons. The number of nitrogens with one attached hydrogen (secondary N) is 1. The molecule has 3 heteroatoms. The molecule has 0 spiro atoms. The smallest absolute Gasteiger partial charge is 0.0737 e. The summed E-state index contributed by atoms with van der Waals surface area (Å²) >= 11 is 0. The lowest BCUT2D eigenvalue weighted by molar-refractivity contribution is -0.0159. The molecule has 0 saturated carbocycles. The molecule has 1 heterocycles. The Labute approximate surface area is 104 Å². The molecule has 1 aliphatic heterocycles. The van der Waals surface area contributed by atoms with Crippen molar-refractivity contribution < 1.29 is 9.84 Å². The molecule has 0 bridgehead atoms.